The molecule has 0 aromatic heterocycles. The van der Waals surface area contributed by atoms with Crippen LogP contribution in [0.2, 0.25) is 0 Å². The standard InChI is InChI=1S/C11H14O/c1-6-4-9-7-2-3-8(5-7)10(9)11(6)12/h2-4,7-12H,5H2,1H3/t7-,8+,9-,10+,11-/m1/s1. The largest absolute Gasteiger partial charge is 0.388 e. The fraction of sp³-hybridized carbons (Fsp3) is 0.636. The number of aliphatic hydroxyl groups is 1. The maximum atomic E-state index is 9.89. The van der Waals surface area contributed by atoms with Crippen LogP contribution in [0.15, 0.2) is 23.8 Å². The van der Waals surface area contributed by atoms with Gasteiger partial charge in [0.05, 0.1) is 6.10 Å². The molecule has 0 aliphatic heterocycles. The SMILES string of the molecule is CC1=C[C@H]2[C@@H]([C@@H]1O)[C@H]1C=C[C@@H]2C1. The molecule has 64 valence electrons. The van der Waals surface area contributed by atoms with Crippen molar-refractivity contribution in [1.29, 1.82) is 0 Å². The average Bonchev–Trinajstić information content (AvgIpc) is 2.66. The molecule has 1 fully saturated rings. The van der Waals surface area contributed by atoms with Crippen LogP contribution in [0.25, 0.3) is 0 Å². The molecular formula is C11H14O. The van der Waals surface area contributed by atoms with Gasteiger partial charge in [-0.3, -0.25) is 0 Å². The third-order valence-electron chi connectivity index (χ3n) is 3.87. The molecule has 2 bridgehead atoms. The first-order valence-corrected chi connectivity index (χ1v) is 4.82. The molecule has 3 aliphatic carbocycles. The number of fused-ring (bicyclic) bond motifs is 5. The zero-order valence-corrected chi connectivity index (χ0v) is 7.27. The molecule has 1 nitrogen and oxygen atoms in total. The summed E-state index contributed by atoms with van der Waals surface area (Å²) in [4.78, 5) is 0. The molecule has 1 heteroatoms. The van der Waals surface area contributed by atoms with Gasteiger partial charge in [0.25, 0.3) is 0 Å². The molecule has 12 heavy (non-hydrogen) atoms. The Labute approximate surface area is 72.8 Å². The quantitative estimate of drug-likeness (QED) is 0.538. The smallest absolute Gasteiger partial charge is 0.0787 e. The van der Waals surface area contributed by atoms with E-state index in [0.717, 1.165) is 5.92 Å². The van der Waals surface area contributed by atoms with Gasteiger partial charge in [-0.1, -0.05) is 18.2 Å². The fourth-order valence-corrected chi connectivity index (χ4v) is 3.28. The van der Waals surface area contributed by atoms with Crippen LogP contribution in [0.5, 0.6) is 0 Å². The van der Waals surface area contributed by atoms with Gasteiger partial charge in [-0.05, 0) is 36.7 Å². The number of aliphatic hydroxyl groups excluding tert-OH is 1. The highest BCUT2D eigenvalue weighted by atomic mass is 16.3. The van der Waals surface area contributed by atoms with Crippen molar-refractivity contribution in [3.63, 3.8) is 0 Å². The molecule has 0 aromatic rings. The maximum Gasteiger partial charge on any atom is 0.0787 e. The second kappa shape index (κ2) is 2.02. The van der Waals surface area contributed by atoms with E-state index < -0.39 is 0 Å². The van der Waals surface area contributed by atoms with Crippen molar-refractivity contribution in [3.05, 3.63) is 23.8 Å². The van der Waals surface area contributed by atoms with Gasteiger partial charge < -0.3 is 5.11 Å². The Morgan fingerprint density at radius 2 is 2.08 bits per heavy atom. The third-order valence-corrected chi connectivity index (χ3v) is 3.87. The number of hydrogen-bond acceptors (Lipinski definition) is 1. The summed E-state index contributed by atoms with van der Waals surface area (Å²) in [6.45, 7) is 2.06. The van der Waals surface area contributed by atoms with E-state index in [1.165, 1.54) is 12.0 Å². The number of allylic oxidation sites excluding steroid dienone is 3. The Bertz CT molecular complexity index is 277. The van der Waals surface area contributed by atoms with Crippen molar-refractivity contribution in [1.82, 2.24) is 0 Å². The molecule has 3 aliphatic rings. The van der Waals surface area contributed by atoms with Gasteiger partial charge in [-0.25, -0.2) is 0 Å². The zero-order valence-electron chi connectivity index (χ0n) is 7.27. The second-order valence-corrected chi connectivity index (χ2v) is 4.46. The lowest BCUT2D eigenvalue weighted by Gasteiger charge is -2.23. The van der Waals surface area contributed by atoms with Gasteiger partial charge in [-0.15, -0.1) is 0 Å². The molecular weight excluding hydrogens is 148 g/mol. The first kappa shape index (κ1) is 6.90. The Balaban J connectivity index is 2.01. The first-order chi connectivity index (χ1) is 5.77. The predicted molar refractivity (Wildman–Crippen MR) is 47.5 cm³/mol. The summed E-state index contributed by atoms with van der Waals surface area (Å²) in [7, 11) is 0. The Morgan fingerprint density at radius 1 is 1.33 bits per heavy atom. The van der Waals surface area contributed by atoms with E-state index >= 15 is 0 Å². The Hall–Kier alpha value is -0.560. The van der Waals surface area contributed by atoms with Crippen molar-refractivity contribution >= 4 is 0 Å². The van der Waals surface area contributed by atoms with Crippen LogP contribution in [0.4, 0.5) is 0 Å². The molecule has 0 amide bonds. The molecule has 0 unspecified atom stereocenters. The summed E-state index contributed by atoms with van der Waals surface area (Å²) in [5.74, 6) is 2.60. The lowest BCUT2D eigenvalue weighted by molar-refractivity contribution is 0.124. The average molecular weight is 162 g/mol. The third kappa shape index (κ3) is 0.639. The minimum atomic E-state index is -0.144. The maximum absolute atomic E-state index is 9.89. The van der Waals surface area contributed by atoms with Gasteiger partial charge in [0, 0.05) is 5.92 Å². The van der Waals surface area contributed by atoms with Crippen LogP contribution in [0, 0.1) is 23.7 Å². The second-order valence-electron chi connectivity index (χ2n) is 4.46. The Morgan fingerprint density at radius 3 is 2.83 bits per heavy atom. The molecule has 1 saturated carbocycles. The van der Waals surface area contributed by atoms with Gasteiger partial charge in [-0.2, -0.15) is 0 Å². The summed E-state index contributed by atoms with van der Waals surface area (Å²) < 4.78 is 0. The molecule has 5 atom stereocenters. The molecule has 0 aromatic carbocycles. The van der Waals surface area contributed by atoms with Crippen LogP contribution in [0.3, 0.4) is 0 Å². The molecule has 3 rings (SSSR count). The van der Waals surface area contributed by atoms with Crippen LogP contribution in [-0.2, 0) is 0 Å². The topological polar surface area (TPSA) is 20.2 Å². The minimum absolute atomic E-state index is 0.144. The van der Waals surface area contributed by atoms with Gasteiger partial charge in [0.1, 0.15) is 0 Å². The van der Waals surface area contributed by atoms with Crippen molar-refractivity contribution in [2.75, 3.05) is 0 Å². The van der Waals surface area contributed by atoms with Crippen molar-refractivity contribution in [2.45, 2.75) is 19.4 Å². The van der Waals surface area contributed by atoms with Gasteiger partial charge >= 0.3 is 0 Å². The fourth-order valence-electron chi connectivity index (χ4n) is 3.28. The number of hydrogen-bond donors (Lipinski definition) is 1. The van der Waals surface area contributed by atoms with Gasteiger partial charge in [0.15, 0.2) is 0 Å². The molecule has 0 spiro atoms. The van der Waals surface area contributed by atoms with E-state index in [1.54, 1.807) is 0 Å². The zero-order chi connectivity index (χ0) is 8.29. The van der Waals surface area contributed by atoms with E-state index in [2.05, 4.69) is 25.2 Å². The van der Waals surface area contributed by atoms with Crippen LogP contribution < -0.4 is 0 Å². The first-order valence-electron chi connectivity index (χ1n) is 4.82. The lowest BCUT2D eigenvalue weighted by Crippen LogP contribution is -2.25. The Kier molecular flexibility index (Phi) is 1.16. The van der Waals surface area contributed by atoms with E-state index in [1.807, 2.05) is 0 Å². The van der Waals surface area contributed by atoms with Crippen LogP contribution >= 0.6 is 0 Å². The van der Waals surface area contributed by atoms with Crippen LogP contribution in [-0.4, -0.2) is 11.2 Å². The molecule has 1 N–H and O–H groups in total. The molecule has 0 heterocycles. The highest BCUT2D eigenvalue weighted by molar-refractivity contribution is 5.29. The highest BCUT2D eigenvalue weighted by Gasteiger charge is 2.49. The monoisotopic (exact) mass is 162 g/mol. The minimum Gasteiger partial charge on any atom is -0.388 e. The summed E-state index contributed by atoms with van der Waals surface area (Å²) in [6.07, 6.45) is 8.09. The van der Waals surface area contributed by atoms with Gasteiger partial charge in [0.2, 0.25) is 0 Å². The summed E-state index contributed by atoms with van der Waals surface area (Å²) in [5.41, 5.74) is 1.20. The highest BCUT2D eigenvalue weighted by Crippen LogP contribution is 2.54. The lowest BCUT2D eigenvalue weighted by atomic mass is 9.84. The normalized spacial score (nSPS) is 54.5. The van der Waals surface area contributed by atoms with Crippen LogP contribution in [0.1, 0.15) is 13.3 Å². The van der Waals surface area contributed by atoms with E-state index in [9.17, 15) is 5.11 Å². The van der Waals surface area contributed by atoms with E-state index in [4.69, 9.17) is 0 Å². The summed E-state index contributed by atoms with van der Waals surface area (Å²) in [5, 5.41) is 9.89. The summed E-state index contributed by atoms with van der Waals surface area (Å²) in [6, 6.07) is 0. The number of rotatable bonds is 0. The predicted octanol–water partition coefficient (Wildman–Crippen LogP) is 1.75. The van der Waals surface area contributed by atoms with Crippen molar-refractivity contribution in [3.8, 4) is 0 Å². The molecule has 0 saturated heterocycles. The van der Waals surface area contributed by atoms with E-state index in [-0.39, 0.29) is 6.10 Å². The van der Waals surface area contributed by atoms with E-state index in [0.29, 0.717) is 17.8 Å². The van der Waals surface area contributed by atoms with Crippen molar-refractivity contribution < 1.29 is 5.11 Å². The van der Waals surface area contributed by atoms with Crippen molar-refractivity contribution in [2.24, 2.45) is 23.7 Å². The summed E-state index contributed by atoms with van der Waals surface area (Å²) >= 11 is 0. The molecule has 0 radical (unpaired) electrons.